The van der Waals surface area contributed by atoms with E-state index in [1.54, 1.807) is 0 Å². The minimum absolute atomic E-state index is 0.0378. The Hall–Kier alpha value is -1.32. The van der Waals surface area contributed by atoms with Gasteiger partial charge in [0.25, 0.3) is 0 Å². The predicted molar refractivity (Wildman–Crippen MR) is 74.8 cm³/mol. The van der Waals surface area contributed by atoms with E-state index in [0.29, 0.717) is 0 Å². The third-order valence-corrected chi connectivity index (χ3v) is 3.39. The van der Waals surface area contributed by atoms with Gasteiger partial charge in [0.15, 0.2) is 0 Å². The highest BCUT2D eigenvalue weighted by Gasteiger charge is 2.08. The molecule has 18 heavy (non-hydrogen) atoms. The number of nitrogens with two attached hydrogens (primary N) is 1. The minimum atomic E-state index is -0.0378. The van der Waals surface area contributed by atoms with Crippen LogP contribution >= 0.6 is 11.6 Å². The molecule has 3 nitrogen and oxygen atoms in total. The third-order valence-electron chi connectivity index (χ3n) is 3.06. The first-order valence-corrected chi connectivity index (χ1v) is 6.53. The molecule has 0 aliphatic carbocycles. The molecule has 0 radical (unpaired) electrons. The molecule has 2 aromatic rings. The number of hydrogen-bond donors (Lipinski definition) is 1. The molecule has 1 heterocycles. The molecule has 0 saturated carbocycles. The Morgan fingerprint density at radius 1 is 1.44 bits per heavy atom. The van der Waals surface area contributed by atoms with E-state index in [1.165, 1.54) is 0 Å². The van der Waals surface area contributed by atoms with Crippen LogP contribution in [0.5, 0.6) is 0 Å². The van der Waals surface area contributed by atoms with Gasteiger partial charge < -0.3 is 10.3 Å². The molecule has 0 amide bonds. The number of aryl methyl sites for hydroxylation is 1. The first-order valence-electron chi connectivity index (χ1n) is 6.15. The Bertz CT molecular complexity index is 532. The van der Waals surface area contributed by atoms with Gasteiger partial charge in [-0.3, -0.25) is 0 Å². The maximum Gasteiger partial charge on any atom is 0.113 e. The average Bonchev–Trinajstić information content (AvgIpc) is 2.76. The van der Waals surface area contributed by atoms with Crippen molar-refractivity contribution in [2.45, 2.75) is 32.9 Å². The van der Waals surface area contributed by atoms with E-state index in [4.69, 9.17) is 17.3 Å². The molecule has 2 rings (SSSR count). The quantitative estimate of drug-likeness (QED) is 0.921. The maximum absolute atomic E-state index is 6.23. The van der Waals surface area contributed by atoms with E-state index in [0.717, 1.165) is 34.9 Å². The van der Waals surface area contributed by atoms with Crippen LogP contribution < -0.4 is 5.73 Å². The van der Waals surface area contributed by atoms with Crippen LogP contribution in [0, 0.1) is 0 Å². The summed E-state index contributed by atoms with van der Waals surface area (Å²) in [5.74, 6) is 1.06. The van der Waals surface area contributed by atoms with Crippen molar-refractivity contribution in [3.05, 3.63) is 52.6 Å². The number of halogens is 1. The van der Waals surface area contributed by atoms with Gasteiger partial charge in [0.2, 0.25) is 0 Å². The Labute approximate surface area is 113 Å². The minimum Gasteiger partial charge on any atom is -0.335 e. The molecule has 1 aromatic carbocycles. The predicted octanol–water partition coefficient (Wildman–Crippen LogP) is 3.17. The Balaban J connectivity index is 2.23. The Morgan fingerprint density at radius 3 is 2.83 bits per heavy atom. The molecule has 0 spiro atoms. The fraction of sp³-hybridized carbons (Fsp3) is 0.357. The molecule has 0 bridgehead atoms. The molecular formula is C14H18ClN3. The zero-order valence-corrected chi connectivity index (χ0v) is 11.5. The molecule has 1 atom stereocenters. The van der Waals surface area contributed by atoms with Gasteiger partial charge in [-0.15, -0.1) is 0 Å². The number of rotatable bonds is 4. The van der Waals surface area contributed by atoms with E-state index in [2.05, 4.69) is 22.5 Å². The lowest BCUT2D eigenvalue weighted by Gasteiger charge is -2.10. The smallest absolute Gasteiger partial charge is 0.113 e. The van der Waals surface area contributed by atoms with Crippen LogP contribution in [-0.4, -0.2) is 9.55 Å². The molecule has 0 saturated heterocycles. The summed E-state index contributed by atoms with van der Waals surface area (Å²) in [5, 5.41) is 0.733. The molecule has 2 N–H and O–H groups in total. The van der Waals surface area contributed by atoms with Crippen LogP contribution in [-0.2, 0) is 13.0 Å². The van der Waals surface area contributed by atoms with E-state index in [-0.39, 0.29) is 6.04 Å². The van der Waals surface area contributed by atoms with Crippen molar-refractivity contribution in [3.63, 3.8) is 0 Å². The SMILES string of the molecule is CCn1ccnc1Cc1ccc(C(C)N)c(Cl)c1. The van der Waals surface area contributed by atoms with Crippen LogP contribution in [0.25, 0.3) is 0 Å². The number of benzene rings is 1. The van der Waals surface area contributed by atoms with E-state index >= 15 is 0 Å². The fourth-order valence-corrected chi connectivity index (χ4v) is 2.40. The second-order valence-electron chi connectivity index (χ2n) is 4.45. The van der Waals surface area contributed by atoms with Crippen molar-refractivity contribution in [1.82, 2.24) is 9.55 Å². The molecule has 0 fully saturated rings. The fourth-order valence-electron chi connectivity index (χ4n) is 2.03. The lowest BCUT2D eigenvalue weighted by Crippen LogP contribution is -2.06. The first-order chi connectivity index (χ1) is 8.61. The largest absolute Gasteiger partial charge is 0.335 e. The molecule has 0 aliphatic heterocycles. The van der Waals surface area contributed by atoms with Crippen molar-refractivity contribution in [2.24, 2.45) is 5.73 Å². The summed E-state index contributed by atoms with van der Waals surface area (Å²) < 4.78 is 2.13. The van der Waals surface area contributed by atoms with Gasteiger partial charge in [-0.2, -0.15) is 0 Å². The topological polar surface area (TPSA) is 43.8 Å². The Kier molecular flexibility index (Phi) is 4.04. The number of imidazole rings is 1. The number of hydrogen-bond acceptors (Lipinski definition) is 2. The second-order valence-corrected chi connectivity index (χ2v) is 4.86. The van der Waals surface area contributed by atoms with Gasteiger partial charge in [0.1, 0.15) is 5.82 Å². The lowest BCUT2D eigenvalue weighted by atomic mass is 10.0. The van der Waals surface area contributed by atoms with Crippen LogP contribution in [0.2, 0.25) is 5.02 Å². The summed E-state index contributed by atoms with van der Waals surface area (Å²) in [4.78, 5) is 4.36. The summed E-state index contributed by atoms with van der Waals surface area (Å²) in [6, 6.07) is 6.01. The maximum atomic E-state index is 6.23. The summed E-state index contributed by atoms with van der Waals surface area (Å²) in [5.41, 5.74) is 7.99. The zero-order valence-electron chi connectivity index (χ0n) is 10.7. The summed E-state index contributed by atoms with van der Waals surface area (Å²) in [6.45, 7) is 4.98. The number of aromatic nitrogens is 2. The zero-order chi connectivity index (χ0) is 13.1. The van der Waals surface area contributed by atoms with Crippen LogP contribution in [0.15, 0.2) is 30.6 Å². The van der Waals surface area contributed by atoms with E-state index in [1.807, 2.05) is 31.5 Å². The second kappa shape index (κ2) is 5.55. The van der Waals surface area contributed by atoms with Gasteiger partial charge in [-0.05, 0) is 31.0 Å². The highest BCUT2D eigenvalue weighted by molar-refractivity contribution is 6.31. The van der Waals surface area contributed by atoms with E-state index in [9.17, 15) is 0 Å². The van der Waals surface area contributed by atoms with Gasteiger partial charge in [-0.1, -0.05) is 23.7 Å². The van der Waals surface area contributed by atoms with Gasteiger partial charge in [-0.25, -0.2) is 4.98 Å². The normalized spacial score (nSPS) is 12.7. The molecular weight excluding hydrogens is 246 g/mol. The summed E-state index contributed by atoms with van der Waals surface area (Å²) in [6.07, 6.45) is 4.61. The van der Waals surface area contributed by atoms with Crippen LogP contribution in [0.1, 0.15) is 36.8 Å². The van der Waals surface area contributed by atoms with Gasteiger partial charge in [0, 0.05) is 36.4 Å². The molecule has 1 unspecified atom stereocenters. The van der Waals surface area contributed by atoms with Crippen LogP contribution in [0.3, 0.4) is 0 Å². The molecule has 96 valence electrons. The third kappa shape index (κ3) is 2.74. The highest BCUT2D eigenvalue weighted by Crippen LogP contribution is 2.23. The first kappa shape index (κ1) is 13.1. The van der Waals surface area contributed by atoms with Crippen molar-refractivity contribution < 1.29 is 0 Å². The number of nitrogens with zero attached hydrogens (tertiary/aromatic N) is 2. The van der Waals surface area contributed by atoms with Crippen LogP contribution in [0.4, 0.5) is 0 Å². The average molecular weight is 264 g/mol. The Morgan fingerprint density at radius 2 is 2.22 bits per heavy atom. The van der Waals surface area contributed by atoms with Crippen molar-refractivity contribution >= 4 is 11.6 Å². The van der Waals surface area contributed by atoms with Crippen molar-refractivity contribution in [3.8, 4) is 0 Å². The summed E-state index contributed by atoms with van der Waals surface area (Å²) in [7, 11) is 0. The monoisotopic (exact) mass is 263 g/mol. The van der Waals surface area contributed by atoms with Crippen molar-refractivity contribution in [2.75, 3.05) is 0 Å². The molecule has 0 aliphatic rings. The van der Waals surface area contributed by atoms with E-state index < -0.39 is 0 Å². The van der Waals surface area contributed by atoms with Gasteiger partial charge in [0.05, 0.1) is 0 Å². The lowest BCUT2D eigenvalue weighted by molar-refractivity contribution is 0.712. The molecule has 1 aromatic heterocycles. The molecule has 4 heteroatoms. The van der Waals surface area contributed by atoms with Crippen molar-refractivity contribution in [1.29, 1.82) is 0 Å². The summed E-state index contributed by atoms with van der Waals surface area (Å²) >= 11 is 6.23. The standard InChI is InChI=1S/C14H18ClN3/c1-3-18-7-6-17-14(18)9-11-4-5-12(10(2)16)13(15)8-11/h4-8,10H,3,9,16H2,1-2H3. The highest BCUT2D eigenvalue weighted by atomic mass is 35.5. The van der Waals surface area contributed by atoms with Gasteiger partial charge >= 0.3 is 0 Å².